The first-order valence-corrected chi connectivity index (χ1v) is 11.6. The molecule has 172 valence electrons. The molecule has 3 N–H and O–H groups in total. The predicted molar refractivity (Wildman–Crippen MR) is 118 cm³/mol. The van der Waals surface area contributed by atoms with Crippen molar-refractivity contribution in [1.29, 1.82) is 0 Å². The molecule has 0 spiro atoms. The highest BCUT2D eigenvalue weighted by molar-refractivity contribution is 7.89. The lowest BCUT2D eigenvalue weighted by atomic mass is 10.0. The molecule has 1 heterocycles. The molecule has 2 amide bonds. The number of hydrogen-bond donors (Lipinski definition) is 2. The third-order valence-electron chi connectivity index (χ3n) is 5.14. The van der Waals surface area contributed by atoms with Crippen LogP contribution in [0.3, 0.4) is 0 Å². The number of morpholine rings is 1. The average Bonchev–Trinajstić information content (AvgIpc) is 2.79. The second kappa shape index (κ2) is 10.6. The van der Waals surface area contributed by atoms with E-state index in [9.17, 15) is 18.0 Å². The molecule has 0 radical (unpaired) electrons. The first-order chi connectivity index (χ1) is 15.3. The normalized spacial score (nSPS) is 15.7. The van der Waals surface area contributed by atoms with Gasteiger partial charge in [-0.05, 0) is 23.3 Å². The summed E-state index contributed by atoms with van der Waals surface area (Å²) in [4.78, 5) is 24.4. The fourth-order valence-corrected chi connectivity index (χ4v) is 5.08. The van der Waals surface area contributed by atoms with Crippen molar-refractivity contribution in [3.05, 3.63) is 59.7 Å². The third-order valence-corrected chi connectivity index (χ3v) is 7.06. The summed E-state index contributed by atoms with van der Waals surface area (Å²) in [7, 11) is -2.43. The van der Waals surface area contributed by atoms with Gasteiger partial charge in [0, 0.05) is 19.5 Å². The van der Waals surface area contributed by atoms with Gasteiger partial charge in [0.15, 0.2) is 0 Å². The molecule has 0 aromatic heterocycles. The third kappa shape index (κ3) is 5.84. The minimum atomic E-state index is -3.82. The minimum absolute atomic E-state index is 0.0112. The van der Waals surface area contributed by atoms with Crippen LogP contribution in [0.15, 0.2) is 53.4 Å². The Balaban J connectivity index is 1.75. The summed E-state index contributed by atoms with van der Waals surface area (Å²) < 4.78 is 38.0. The molecule has 1 saturated heterocycles. The summed E-state index contributed by atoms with van der Waals surface area (Å²) in [6, 6.07) is 12.9. The quantitative estimate of drug-likeness (QED) is 0.559. The highest BCUT2D eigenvalue weighted by Crippen LogP contribution is 2.28. The summed E-state index contributed by atoms with van der Waals surface area (Å²) in [6.45, 7) is 1.13. The van der Waals surface area contributed by atoms with E-state index in [4.69, 9.17) is 15.2 Å². The van der Waals surface area contributed by atoms with Gasteiger partial charge in [-0.3, -0.25) is 9.59 Å². The lowest BCUT2D eigenvalue weighted by molar-refractivity contribution is -0.127. The molecule has 10 heteroatoms. The van der Waals surface area contributed by atoms with Crippen molar-refractivity contribution < 1.29 is 27.5 Å². The van der Waals surface area contributed by atoms with Gasteiger partial charge in [0.05, 0.1) is 26.7 Å². The Bertz CT molecular complexity index is 1050. The number of carbonyl (C=O) groups is 2. The van der Waals surface area contributed by atoms with Gasteiger partial charge in [-0.2, -0.15) is 4.31 Å². The van der Waals surface area contributed by atoms with Gasteiger partial charge in [-0.25, -0.2) is 8.42 Å². The van der Waals surface area contributed by atoms with E-state index in [0.717, 1.165) is 5.56 Å². The minimum Gasteiger partial charge on any atom is -0.495 e. The topological polar surface area (TPSA) is 128 Å². The molecule has 1 fully saturated rings. The number of amides is 2. The molecule has 0 aliphatic carbocycles. The fourth-order valence-electron chi connectivity index (χ4n) is 3.46. The molecule has 1 unspecified atom stereocenters. The number of hydrogen-bond acceptors (Lipinski definition) is 6. The molecular weight excluding hydrogens is 434 g/mol. The van der Waals surface area contributed by atoms with Crippen molar-refractivity contribution in [2.75, 3.05) is 33.4 Å². The van der Waals surface area contributed by atoms with Gasteiger partial charge in [0.25, 0.3) is 0 Å². The number of ether oxygens (including phenoxy) is 2. The largest absolute Gasteiger partial charge is 0.495 e. The van der Waals surface area contributed by atoms with Crippen LogP contribution in [0.1, 0.15) is 11.1 Å². The number of benzene rings is 2. The number of primary amides is 1. The van der Waals surface area contributed by atoms with Gasteiger partial charge in [0.1, 0.15) is 16.7 Å². The van der Waals surface area contributed by atoms with Crippen molar-refractivity contribution in [3.8, 4) is 5.75 Å². The summed E-state index contributed by atoms with van der Waals surface area (Å²) in [6.07, 6.45) is 0.148. The Morgan fingerprint density at radius 1 is 1.12 bits per heavy atom. The number of methoxy groups -OCH3 is 1. The van der Waals surface area contributed by atoms with Crippen molar-refractivity contribution in [1.82, 2.24) is 9.62 Å². The van der Waals surface area contributed by atoms with E-state index < -0.39 is 27.9 Å². The molecule has 3 rings (SSSR count). The van der Waals surface area contributed by atoms with E-state index in [-0.39, 0.29) is 36.6 Å². The van der Waals surface area contributed by atoms with Crippen LogP contribution in [0.2, 0.25) is 0 Å². The maximum atomic E-state index is 13.1. The van der Waals surface area contributed by atoms with Crippen LogP contribution in [0.5, 0.6) is 5.75 Å². The van der Waals surface area contributed by atoms with E-state index in [1.165, 1.54) is 23.5 Å². The summed E-state index contributed by atoms with van der Waals surface area (Å²) in [5.74, 6) is -0.892. The number of sulfonamides is 1. The monoisotopic (exact) mass is 461 g/mol. The molecular formula is C22H27N3O6S. The van der Waals surface area contributed by atoms with Crippen molar-refractivity contribution in [2.45, 2.75) is 23.8 Å². The van der Waals surface area contributed by atoms with E-state index in [1.807, 2.05) is 30.3 Å². The Hall–Kier alpha value is -2.95. The van der Waals surface area contributed by atoms with Crippen molar-refractivity contribution in [2.24, 2.45) is 5.73 Å². The van der Waals surface area contributed by atoms with Gasteiger partial charge >= 0.3 is 0 Å². The lowest BCUT2D eigenvalue weighted by Gasteiger charge is -2.26. The molecule has 1 atom stereocenters. The SMILES string of the molecule is COc1ccc(CC(=O)NC(Cc2ccccc2)C(N)=O)cc1S(=O)(=O)N1CCOCC1. The van der Waals surface area contributed by atoms with Crippen LogP contribution in [-0.4, -0.2) is 64.0 Å². The Kier molecular flexibility index (Phi) is 7.84. The van der Waals surface area contributed by atoms with Gasteiger partial charge < -0.3 is 20.5 Å². The van der Waals surface area contributed by atoms with E-state index in [2.05, 4.69) is 5.32 Å². The molecule has 2 aromatic rings. The number of nitrogens with zero attached hydrogens (tertiary/aromatic N) is 1. The molecule has 0 bridgehead atoms. The van der Waals surface area contributed by atoms with Crippen LogP contribution >= 0.6 is 0 Å². The number of rotatable bonds is 9. The van der Waals surface area contributed by atoms with Gasteiger partial charge in [-0.15, -0.1) is 0 Å². The van der Waals surface area contributed by atoms with Crippen LogP contribution in [0.4, 0.5) is 0 Å². The zero-order valence-electron chi connectivity index (χ0n) is 17.8. The Labute approximate surface area is 187 Å². The summed E-state index contributed by atoms with van der Waals surface area (Å²) in [5.41, 5.74) is 6.79. The molecule has 32 heavy (non-hydrogen) atoms. The van der Waals surface area contributed by atoms with Crippen LogP contribution in [0, 0.1) is 0 Å². The first kappa shape index (κ1) is 23.7. The highest BCUT2D eigenvalue weighted by Gasteiger charge is 2.30. The second-order valence-electron chi connectivity index (χ2n) is 7.39. The molecule has 1 aliphatic heterocycles. The van der Waals surface area contributed by atoms with E-state index in [1.54, 1.807) is 6.07 Å². The smallest absolute Gasteiger partial charge is 0.246 e. The number of nitrogens with one attached hydrogen (secondary N) is 1. The summed E-state index contributed by atoms with van der Waals surface area (Å²) >= 11 is 0. The van der Waals surface area contributed by atoms with E-state index in [0.29, 0.717) is 18.8 Å². The standard InChI is InChI=1S/C22H27N3O6S/c1-30-19-8-7-17(14-20(19)32(28,29)25-9-11-31-12-10-25)15-21(26)24-18(22(23)27)13-16-5-3-2-4-6-16/h2-8,14,18H,9-13,15H2,1H3,(H2,23,27)(H,24,26). The molecule has 9 nitrogen and oxygen atoms in total. The fraction of sp³-hybridized carbons (Fsp3) is 0.364. The van der Waals surface area contributed by atoms with E-state index >= 15 is 0 Å². The summed E-state index contributed by atoms with van der Waals surface area (Å²) in [5, 5.41) is 2.64. The van der Waals surface area contributed by atoms with Crippen LogP contribution < -0.4 is 15.8 Å². The maximum absolute atomic E-state index is 13.1. The molecule has 2 aromatic carbocycles. The Morgan fingerprint density at radius 2 is 1.81 bits per heavy atom. The average molecular weight is 462 g/mol. The number of nitrogens with two attached hydrogens (primary N) is 1. The second-order valence-corrected chi connectivity index (χ2v) is 9.30. The van der Waals surface area contributed by atoms with Crippen molar-refractivity contribution in [3.63, 3.8) is 0 Å². The lowest BCUT2D eigenvalue weighted by Crippen LogP contribution is -2.46. The first-order valence-electron chi connectivity index (χ1n) is 10.2. The van der Waals surface area contributed by atoms with Crippen molar-refractivity contribution >= 4 is 21.8 Å². The maximum Gasteiger partial charge on any atom is 0.246 e. The highest BCUT2D eigenvalue weighted by atomic mass is 32.2. The molecule has 1 aliphatic rings. The predicted octanol–water partition coefficient (Wildman–Crippen LogP) is 0.471. The number of carbonyl (C=O) groups excluding carboxylic acids is 2. The van der Waals surface area contributed by atoms with Crippen LogP contribution in [-0.2, 0) is 37.2 Å². The zero-order valence-corrected chi connectivity index (χ0v) is 18.6. The molecule has 0 saturated carbocycles. The zero-order chi connectivity index (χ0) is 23.1. The van der Waals surface area contributed by atoms with Gasteiger partial charge in [-0.1, -0.05) is 36.4 Å². The Morgan fingerprint density at radius 3 is 2.44 bits per heavy atom. The van der Waals surface area contributed by atoms with Gasteiger partial charge in [0.2, 0.25) is 21.8 Å². The van der Waals surface area contributed by atoms with Crippen LogP contribution in [0.25, 0.3) is 0 Å².